The molecule has 0 spiro atoms. The van der Waals surface area contributed by atoms with Gasteiger partial charge in [-0.3, -0.25) is 4.79 Å². The number of nitrogens with one attached hydrogen (secondary N) is 1. The zero-order valence-electron chi connectivity index (χ0n) is 11.4. The molecule has 0 atom stereocenters. The van der Waals surface area contributed by atoms with Crippen molar-refractivity contribution in [3.8, 4) is 0 Å². The van der Waals surface area contributed by atoms with E-state index in [1.165, 1.54) is 18.5 Å². The van der Waals surface area contributed by atoms with Crippen LogP contribution in [0, 0.1) is 0 Å². The lowest BCUT2D eigenvalue weighted by Crippen LogP contribution is -2.34. The van der Waals surface area contributed by atoms with E-state index in [1.807, 2.05) is 31.0 Å². The second-order valence-corrected chi connectivity index (χ2v) is 4.85. The molecule has 1 aliphatic rings. The predicted octanol–water partition coefficient (Wildman–Crippen LogP) is 1.61. The fourth-order valence-electron chi connectivity index (χ4n) is 2.12. The average Bonchev–Trinajstić information content (AvgIpc) is 3.09. The third kappa shape index (κ3) is 3.35. The first-order valence-corrected chi connectivity index (χ1v) is 6.89. The second-order valence-electron chi connectivity index (χ2n) is 4.85. The monoisotopic (exact) mass is 249 g/mol. The van der Waals surface area contributed by atoms with Crippen LogP contribution < -0.4 is 5.32 Å². The largest absolute Gasteiger partial charge is 0.342 e. The van der Waals surface area contributed by atoms with Crippen molar-refractivity contribution < 1.29 is 4.79 Å². The number of hydrogen-bond donors (Lipinski definition) is 1. The highest BCUT2D eigenvalue weighted by Gasteiger charge is 2.20. The molecule has 1 aromatic heterocycles. The van der Waals surface area contributed by atoms with Gasteiger partial charge >= 0.3 is 0 Å². The van der Waals surface area contributed by atoms with Crippen LogP contribution in [0.3, 0.4) is 0 Å². The van der Waals surface area contributed by atoms with Crippen LogP contribution in [0.2, 0.25) is 0 Å². The fourth-order valence-corrected chi connectivity index (χ4v) is 2.12. The third-order valence-corrected chi connectivity index (χ3v) is 3.49. The first kappa shape index (κ1) is 13.1. The van der Waals surface area contributed by atoms with Gasteiger partial charge in [-0.25, -0.2) is 0 Å². The van der Waals surface area contributed by atoms with Gasteiger partial charge in [0.2, 0.25) is 5.91 Å². The highest BCUT2D eigenvalue weighted by Crippen LogP contribution is 2.19. The maximum atomic E-state index is 12.1. The van der Waals surface area contributed by atoms with E-state index in [0.29, 0.717) is 12.6 Å². The van der Waals surface area contributed by atoms with Crippen molar-refractivity contribution >= 4 is 5.91 Å². The molecule has 100 valence electrons. The minimum absolute atomic E-state index is 0.198. The molecule has 4 nitrogen and oxygen atoms in total. The zero-order valence-corrected chi connectivity index (χ0v) is 11.4. The Bertz CT molecular complexity index is 391. The van der Waals surface area contributed by atoms with E-state index in [0.717, 1.165) is 19.6 Å². The van der Waals surface area contributed by atoms with Crippen molar-refractivity contribution in [2.75, 3.05) is 13.1 Å². The summed E-state index contributed by atoms with van der Waals surface area (Å²) in [7, 11) is 0. The van der Waals surface area contributed by atoms with Crippen LogP contribution >= 0.6 is 0 Å². The minimum Gasteiger partial charge on any atom is -0.342 e. The van der Waals surface area contributed by atoms with Crippen LogP contribution in [0.5, 0.6) is 0 Å². The number of likely N-dealkylation sites (N-methyl/N-ethyl adjacent to an activating group) is 1. The zero-order chi connectivity index (χ0) is 13.0. The Balaban J connectivity index is 1.91. The van der Waals surface area contributed by atoms with E-state index < -0.39 is 0 Å². The van der Waals surface area contributed by atoms with Crippen molar-refractivity contribution in [2.45, 2.75) is 45.8 Å². The topological polar surface area (TPSA) is 37.3 Å². The van der Waals surface area contributed by atoms with Crippen LogP contribution in [0.1, 0.15) is 32.4 Å². The molecule has 1 heterocycles. The number of nitrogens with zero attached hydrogens (tertiary/aromatic N) is 2. The van der Waals surface area contributed by atoms with Crippen LogP contribution in [0.25, 0.3) is 0 Å². The Kier molecular flexibility index (Phi) is 4.42. The van der Waals surface area contributed by atoms with Crippen LogP contribution in [0.15, 0.2) is 18.3 Å². The van der Waals surface area contributed by atoms with Crippen LogP contribution in [-0.2, 0) is 17.9 Å². The predicted molar refractivity (Wildman–Crippen MR) is 72.2 cm³/mol. The molecular weight excluding hydrogens is 226 g/mol. The second kappa shape index (κ2) is 6.05. The summed E-state index contributed by atoms with van der Waals surface area (Å²) in [5.74, 6) is 0.198. The van der Waals surface area contributed by atoms with E-state index in [-0.39, 0.29) is 5.91 Å². The molecule has 0 radical (unpaired) electrons. The summed E-state index contributed by atoms with van der Waals surface area (Å²) in [4.78, 5) is 13.9. The van der Waals surface area contributed by atoms with Gasteiger partial charge in [0, 0.05) is 37.6 Å². The lowest BCUT2D eigenvalue weighted by molar-refractivity contribution is -0.131. The molecule has 0 saturated heterocycles. The smallest absolute Gasteiger partial charge is 0.242 e. The number of carbonyl (C=O) groups excluding carboxylic acids is 1. The lowest BCUT2D eigenvalue weighted by Gasteiger charge is -2.19. The maximum absolute atomic E-state index is 12.1. The van der Waals surface area contributed by atoms with E-state index >= 15 is 0 Å². The molecule has 1 N–H and O–H groups in total. The Morgan fingerprint density at radius 2 is 2.17 bits per heavy atom. The van der Waals surface area contributed by atoms with Gasteiger partial charge in [0.1, 0.15) is 6.54 Å². The van der Waals surface area contributed by atoms with Crippen molar-refractivity contribution in [3.05, 3.63) is 24.0 Å². The van der Waals surface area contributed by atoms with Gasteiger partial charge in [-0.1, -0.05) is 0 Å². The van der Waals surface area contributed by atoms with E-state index in [1.54, 1.807) is 0 Å². The Morgan fingerprint density at radius 1 is 1.44 bits per heavy atom. The van der Waals surface area contributed by atoms with E-state index in [9.17, 15) is 4.79 Å². The average molecular weight is 249 g/mol. The van der Waals surface area contributed by atoms with Gasteiger partial charge in [0.25, 0.3) is 0 Å². The number of carbonyl (C=O) groups is 1. The number of aromatic nitrogens is 1. The molecule has 0 aromatic carbocycles. The number of amides is 1. The normalized spacial score (nSPS) is 14.8. The maximum Gasteiger partial charge on any atom is 0.242 e. The number of rotatable bonds is 7. The summed E-state index contributed by atoms with van der Waals surface area (Å²) in [5, 5.41) is 3.48. The van der Waals surface area contributed by atoms with Gasteiger partial charge < -0.3 is 14.8 Å². The summed E-state index contributed by atoms with van der Waals surface area (Å²) in [5.41, 5.74) is 1.20. The summed E-state index contributed by atoms with van der Waals surface area (Å²) in [6.45, 7) is 6.93. The van der Waals surface area contributed by atoms with Gasteiger partial charge in [-0.15, -0.1) is 0 Å². The van der Waals surface area contributed by atoms with Gasteiger partial charge in [0.05, 0.1) is 0 Å². The SMILES string of the molecule is CCN(CC)C(=O)Cn1cccc1CNC1CC1. The summed E-state index contributed by atoms with van der Waals surface area (Å²) >= 11 is 0. The Hall–Kier alpha value is -1.29. The summed E-state index contributed by atoms with van der Waals surface area (Å²) in [6.07, 6.45) is 4.57. The van der Waals surface area contributed by atoms with Crippen molar-refractivity contribution in [2.24, 2.45) is 0 Å². The standard InChI is InChI=1S/C14H23N3O/c1-3-16(4-2)14(18)11-17-9-5-6-13(17)10-15-12-7-8-12/h5-6,9,12,15H,3-4,7-8,10-11H2,1-2H3. The molecule has 0 unspecified atom stereocenters. The van der Waals surface area contributed by atoms with Crippen molar-refractivity contribution in [1.82, 2.24) is 14.8 Å². The molecule has 4 heteroatoms. The van der Waals surface area contributed by atoms with Crippen LogP contribution in [-0.4, -0.2) is 34.5 Å². The molecule has 0 bridgehead atoms. The minimum atomic E-state index is 0.198. The van der Waals surface area contributed by atoms with Crippen molar-refractivity contribution in [1.29, 1.82) is 0 Å². The fraction of sp³-hybridized carbons (Fsp3) is 0.643. The number of hydrogen-bond acceptors (Lipinski definition) is 2. The highest BCUT2D eigenvalue weighted by atomic mass is 16.2. The van der Waals surface area contributed by atoms with E-state index in [4.69, 9.17) is 0 Å². The molecule has 18 heavy (non-hydrogen) atoms. The molecule has 1 amide bonds. The van der Waals surface area contributed by atoms with E-state index in [2.05, 4.69) is 16.0 Å². The van der Waals surface area contributed by atoms with Crippen LogP contribution in [0.4, 0.5) is 0 Å². The molecule has 1 aliphatic carbocycles. The Labute approximate surface area is 109 Å². The van der Waals surface area contributed by atoms with Gasteiger partial charge in [-0.05, 0) is 38.8 Å². The Morgan fingerprint density at radius 3 is 2.78 bits per heavy atom. The first-order valence-electron chi connectivity index (χ1n) is 6.89. The summed E-state index contributed by atoms with van der Waals surface area (Å²) < 4.78 is 2.05. The third-order valence-electron chi connectivity index (χ3n) is 3.49. The first-order chi connectivity index (χ1) is 8.74. The molecule has 0 aliphatic heterocycles. The van der Waals surface area contributed by atoms with Gasteiger partial charge in [-0.2, -0.15) is 0 Å². The highest BCUT2D eigenvalue weighted by molar-refractivity contribution is 5.76. The summed E-state index contributed by atoms with van der Waals surface area (Å²) in [6, 6.07) is 4.80. The molecule has 1 aromatic rings. The molecule has 2 rings (SSSR count). The molecule has 1 saturated carbocycles. The molecule has 1 fully saturated rings. The quantitative estimate of drug-likeness (QED) is 0.797. The lowest BCUT2D eigenvalue weighted by atomic mass is 10.4. The van der Waals surface area contributed by atoms with Gasteiger partial charge in [0.15, 0.2) is 0 Å². The van der Waals surface area contributed by atoms with Crippen molar-refractivity contribution in [3.63, 3.8) is 0 Å². The molecular formula is C14H23N3O.